The lowest BCUT2D eigenvalue weighted by atomic mass is 9.45. The summed E-state index contributed by atoms with van der Waals surface area (Å²) in [7, 11) is 0. The zero-order valence-electron chi connectivity index (χ0n) is 27.3. The molecular weight excluding hydrogens is 608 g/mol. The van der Waals surface area contributed by atoms with Crippen LogP contribution in [0.25, 0.3) is 0 Å². The molecule has 6 fully saturated rings. The predicted octanol–water partition coefficient (Wildman–Crippen LogP) is 5.93. The number of likely N-dealkylation sites (tertiary alicyclic amines) is 1. The molecule has 0 aromatic heterocycles. The number of benzene rings is 1. The maximum Gasteiger partial charge on any atom is 0.513 e. The third kappa shape index (κ3) is 6.66. The number of hydrogen-bond acceptors (Lipinski definition) is 9. The van der Waals surface area contributed by atoms with Crippen LogP contribution >= 0.6 is 0 Å². The average Bonchev–Trinajstić information content (AvgIpc) is 3.66. The molecule has 1 N–H and O–H groups in total. The zero-order chi connectivity index (χ0) is 34.3. The molecule has 6 aliphatic rings. The van der Waals surface area contributed by atoms with Crippen LogP contribution in [0, 0.1) is 44.6 Å². The van der Waals surface area contributed by atoms with Crippen molar-refractivity contribution in [2.24, 2.45) is 23.2 Å². The van der Waals surface area contributed by atoms with Gasteiger partial charge in [0.15, 0.2) is 0 Å². The Morgan fingerprint density at radius 3 is 2.30 bits per heavy atom. The van der Waals surface area contributed by atoms with Gasteiger partial charge in [-0.05, 0) is 102 Å². The number of carboxylic acid groups (broad SMARTS) is 1. The second-order valence-electron chi connectivity index (χ2n) is 14.7. The molecule has 1 heterocycles. The first-order chi connectivity index (χ1) is 22.2. The largest absolute Gasteiger partial charge is 0.513 e. The molecule has 13 nitrogen and oxygen atoms in total. The fourth-order valence-corrected chi connectivity index (χ4v) is 9.34. The molecule has 5 aliphatic carbocycles. The molecule has 3 unspecified atom stereocenters. The van der Waals surface area contributed by atoms with Crippen molar-refractivity contribution in [1.82, 2.24) is 9.80 Å². The first-order valence-electron chi connectivity index (χ1n) is 16.2. The SMILES string of the molecule is C=C.CC(C)(C)N(C(=O)O)[C@H](C(=O)N1[C@H](C#N)C[C@@H]2C[C@@H]21)C12CC3C[C@H](CC(OCCOC(=O)Oc4ccc([N+](=O)[O-])cc4)(C3)C1)C2. The van der Waals surface area contributed by atoms with E-state index in [2.05, 4.69) is 19.2 Å². The Balaban J connectivity index is 0.00000213. The normalized spacial score (nSPS) is 31.8. The molecule has 7 rings (SSSR count). The molecule has 47 heavy (non-hydrogen) atoms. The summed E-state index contributed by atoms with van der Waals surface area (Å²) in [5, 5.41) is 31.3. The van der Waals surface area contributed by atoms with E-state index in [-0.39, 0.29) is 48.4 Å². The summed E-state index contributed by atoms with van der Waals surface area (Å²) in [6.07, 6.45) is 3.93. The number of nitro benzene ring substituents is 1. The highest BCUT2D eigenvalue weighted by atomic mass is 16.7. The summed E-state index contributed by atoms with van der Waals surface area (Å²) < 4.78 is 16.8. The van der Waals surface area contributed by atoms with Crippen LogP contribution < -0.4 is 4.74 Å². The lowest BCUT2D eigenvalue weighted by Gasteiger charge is -2.65. The predicted molar refractivity (Wildman–Crippen MR) is 168 cm³/mol. The van der Waals surface area contributed by atoms with Crippen molar-refractivity contribution in [3.8, 4) is 11.8 Å². The van der Waals surface area contributed by atoms with Crippen LogP contribution in [0.15, 0.2) is 37.4 Å². The average molecular weight is 653 g/mol. The van der Waals surface area contributed by atoms with Gasteiger partial charge >= 0.3 is 12.2 Å². The van der Waals surface area contributed by atoms with Crippen LogP contribution in [0.4, 0.5) is 15.3 Å². The first-order valence-corrected chi connectivity index (χ1v) is 16.2. The van der Waals surface area contributed by atoms with Gasteiger partial charge in [0, 0.05) is 29.1 Å². The third-order valence-electron chi connectivity index (χ3n) is 10.5. The van der Waals surface area contributed by atoms with E-state index < -0.39 is 45.8 Å². The summed E-state index contributed by atoms with van der Waals surface area (Å²) >= 11 is 0. The molecule has 0 spiro atoms. The van der Waals surface area contributed by atoms with Crippen LogP contribution in [-0.2, 0) is 14.3 Å². The fraction of sp³-hybridized carbons (Fsp3) is 0.647. The van der Waals surface area contributed by atoms with E-state index in [1.807, 2.05) is 20.8 Å². The lowest BCUT2D eigenvalue weighted by molar-refractivity contribution is -0.384. The Kier molecular flexibility index (Phi) is 9.29. The van der Waals surface area contributed by atoms with Gasteiger partial charge < -0.3 is 24.2 Å². The van der Waals surface area contributed by atoms with Crippen molar-refractivity contribution in [3.63, 3.8) is 0 Å². The molecule has 1 aromatic rings. The Labute approximate surface area is 274 Å². The van der Waals surface area contributed by atoms with E-state index in [4.69, 9.17) is 14.2 Å². The van der Waals surface area contributed by atoms with Crippen LogP contribution in [0.3, 0.4) is 0 Å². The molecule has 1 aromatic carbocycles. The number of piperidine rings is 1. The number of ether oxygens (including phenoxy) is 3. The summed E-state index contributed by atoms with van der Waals surface area (Å²) in [6.45, 7) is 11.5. The maximum atomic E-state index is 14.6. The van der Waals surface area contributed by atoms with Crippen molar-refractivity contribution < 1.29 is 38.6 Å². The Morgan fingerprint density at radius 1 is 1.11 bits per heavy atom. The van der Waals surface area contributed by atoms with Gasteiger partial charge in [-0.2, -0.15) is 5.26 Å². The highest BCUT2D eigenvalue weighted by Gasteiger charge is 2.66. The van der Waals surface area contributed by atoms with E-state index in [1.165, 1.54) is 29.2 Å². The minimum Gasteiger partial charge on any atom is -0.465 e. The molecular formula is C34H44N4O9. The van der Waals surface area contributed by atoms with Crippen LogP contribution in [0.5, 0.6) is 5.75 Å². The van der Waals surface area contributed by atoms with Gasteiger partial charge in [-0.25, -0.2) is 9.59 Å². The van der Waals surface area contributed by atoms with Gasteiger partial charge in [0.25, 0.3) is 5.69 Å². The maximum absolute atomic E-state index is 14.6. The molecule has 8 atom stereocenters. The molecule has 0 radical (unpaired) electrons. The van der Waals surface area contributed by atoms with Crippen LogP contribution in [-0.4, -0.2) is 80.5 Å². The van der Waals surface area contributed by atoms with Crippen molar-refractivity contribution in [2.45, 2.75) is 101 Å². The topological polar surface area (TPSA) is 173 Å². The Hall–Kier alpha value is -4.18. The van der Waals surface area contributed by atoms with Crippen LogP contribution in [0.1, 0.15) is 72.1 Å². The smallest absolute Gasteiger partial charge is 0.465 e. The minimum atomic E-state index is -1.15. The van der Waals surface area contributed by atoms with Crippen molar-refractivity contribution in [3.05, 3.63) is 47.5 Å². The fourth-order valence-electron chi connectivity index (χ4n) is 9.34. The molecule has 5 saturated carbocycles. The van der Waals surface area contributed by atoms with Crippen LogP contribution in [0.2, 0.25) is 0 Å². The number of carbonyl (C=O) groups excluding carboxylic acids is 2. The number of nitro groups is 1. The number of carbonyl (C=O) groups is 3. The standard InChI is InChI=1S/C32H40N4O9.C2H4/c1-30(2,3)35(28(38)39)26(27(37)34-23(17-33)11-21-12-25(21)34)31-13-19-10-20(14-31)16-32(15-19,18-31)44-9-8-43-29(40)45-24-6-4-22(5-7-24)36(41)42;1-2/h4-7,19-21,23,25-26H,8-16,18H2,1-3H3,(H,38,39);1-2H2/t19-,20?,21+,23-,25-,26+,31?,32?;/m0./s1. The second-order valence-corrected chi connectivity index (χ2v) is 14.7. The molecule has 1 aliphatic heterocycles. The van der Waals surface area contributed by atoms with Gasteiger partial charge in [-0.15, -0.1) is 13.2 Å². The molecule has 2 amide bonds. The van der Waals surface area contributed by atoms with Crippen molar-refractivity contribution in [1.29, 1.82) is 5.26 Å². The summed E-state index contributed by atoms with van der Waals surface area (Å²) in [5.41, 5.74) is -2.21. The Morgan fingerprint density at radius 2 is 1.74 bits per heavy atom. The van der Waals surface area contributed by atoms with Gasteiger partial charge in [0.2, 0.25) is 5.91 Å². The van der Waals surface area contributed by atoms with E-state index in [0.717, 1.165) is 38.5 Å². The Bertz CT molecular complexity index is 1420. The quantitative estimate of drug-likeness (QED) is 0.0841. The summed E-state index contributed by atoms with van der Waals surface area (Å²) in [6, 6.07) is 5.90. The number of hydrogen-bond donors (Lipinski definition) is 1. The van der Waals surface area contributed by atoms with Gasteiger partial charge in [0.1, 0.15) is 24.4 Å². The van der Waals surface area contributed by atoms with E-state index in [9.17, 15) is 34.9 Å². The highest BCUT2D eigenvalue weighted by molar-refractivity contribution is 5.88. The number of nitrogens with zero attached hydrogens (tertiary/aromatic N) is 4. The third-order valence-corrected chi connectivity index (χ3v) is 10.5. The molecule has 13 heteroatoms. The zero-order valence-corrected chi connectivity index (χ0v) is 27.3. The number of fused-ring (bicyclic) bond motifs is 1. The summed E-state index contributed by atoms with van der Waals surface area (Å²) in [5.74, 6) is 0.707. The monoisotopic (exact) mass is 652 g/mol. The van der Waals surface area contributed by atoms with Gasteiger partial charge in [-0.1, -0.05) is 0 Å². The van der Waals surface area contributed by atoms with Crippen molar-refractivity contribution >= 4 is 23.8 Å². The molecule has 1 saturated heterocycles. The molecule has 4 bridgehead atoms. The minimum absolute atomic E-state index is 0.00212. The number of nitriles is 1. The number of rotatable bonds is 9. The molecule has 254 valence electrons. The first kappa shape index (κ1) is 34.2. The second kappa shape index (κ2) is 12.8. The van der Waals surface area contributed by atoms with Gasteiger partial charge in [0.05, 0.1) is 23.2 Å². The van der Waals surface area contributed by atoms with E-state index >= 15 is 0 Å². The summed E-state index contributed by atoms with van der Waals surface area (Å²) in [4.78, 5) is 53.2. The van der Waals surface area contributed by atoms with E-state index in [1.54, 1.807) is 4.90 Å². The van der Waals surface area contributed by atoms with E-state index in [0.29, 0.717) is 18.8 Å². The lowest BCUT2D eigenvalue weighted by Crippen LogP contribution is -2.70. The number of amides is 2. The number of non-ortho nitro benzene ring substituents is 1. The van der Waals surface area contributed by atoms with Gasteiger partial charge in [-0.3, -0.25) is 19.8 Å². The van der Waals surface area contributed by atoms with Crippen molar-refractivity contribution in [2.75, 3.05) is 13.2 Å². The highest BCUT2D eigenvalue weighted by Crippen LogP contribution is 2.65.